The first-order valence-corrected chi connectivity index (χ1v) is 6.69. The van der Waals surface area contributed by atoms with Crippen LogP contribution in [-0.2, 0) is 4.79 Å². The van der Waals surface area contributed by atoms with Crippen molar-refractivity contribution in [1.82, 2.24) is 0 Å². The lowest BCUT2D eigenvalue weighted by atomic mass is 10.1. The number of benzene rings is 2. The highest BCUT2D eigenvalue weighted by Crippen LogP contribution is 2.37. The molecule has 1 aliphatic heterocycles. The summed E-state index contributed by atoms with van der Waals surface area (Å²) in [6, 6.07) is 13.0. The van der Waals surface area contributed by atoms with Crippen LogP contribution in [0.3, 0.4) is 0 Å². The van der Waals surface area contributed by atoms with Gasteiger partial charge in [0.05, 0.1) is 12.8 Å². The Bertz CT molecular complexity index is 700. The summed E-state index contributed by atoms with van der Waals surface area (Å²) in [6.07, 6.45) is 0. The Morgan fingerprint density at radius 2 is 2.00 bits per heavy atom. The van der Waals surface area contributed by atoms with Gasteiger partial charge >= 0.3 is 0 Å². The first-order chi connectivity index (χ1) is 10.1. The average molecular weight is 283 g/mol. The molecule has 1 unspecified atom stereocenters. The zero-order chi connectivity index (χ0) is 15.0. The molecule has 5 heteroatoms. The molecular weight excluding hydrogens is 266 g/mol. The summed E-state index contributed by atoms with van der Waals surface area (Å²) in [4.78, 5) is 13.6. The summed E-state index contributed by atoms with van der Waals surface area (Å²) < 4.78 is 5.38. The van der Waals surface area contributed by atoms with Crippen molar-refractivity contribution in [3.63, 3.8) is 0 Å². The van der Waals surface area contributed by atoms with Gasteiger partial charge in [0.15, 0.2) is 0 Å². The van der Waals surface area contributed by atoms with Gasteiger partial charge in [-0.3, -0.25) is 4.79 Å². The molecule has 5 nitrogen and oxygen atoms in total. The van der Waals surface area contributed by atoms with Crippen LogP contribution in [0.2, 0.25) is 0 Å². The Morgan fingerprint density at radius 3 is 2.76 bits per heavy atom. The van der Waals surface area contributed by atoms with Crippen molar-refractivity contribution in [1.29, 1.82) is 0 Å². The van der Waals surface area contributed by atoms with Crippen LogP contribution in [-0.4, -0.2) is 20.1 Å². The number of nitrogens with one attached hydrogen (secondary N) is 1. The Morgan fingerprint density at radius 1 is 1.24 bits per heavy atom. The van der Waals surface area contributed by atoms with E-state index in [0.717, 1.165) is 28.4 Å². The summed E-state index contributed by atoms with van der Waals surface area (Å²) >= 11 is 0. The first kappa shape index (κ1) is 13.5. The number of nitrogens with two attached hydrogens (primary N) is 1. The molecular formula is C16H17N3O2. The van der Waals surface area contributed by atoms with E-state index in [1.807, 2.05) is 54.4 Å². The van der Waals surface area contributed by atoms with Crippen LogP contribution in [0.1, 0.15) is 11.6 Å². The van der Waals surface area contributed by atoms with Gasteiger partial charge in [-0.25, -0.2) is 0 Å². The molecule has 21 heavy (non-hydrogen) atoms. The van der Waals surface area contributed by atoms with E-state index in [0.29, 0.717) is 0 Å². The fraction of sp³-hybridized carbons (Fsp3) is 0.188. The zero-order valence-electron chi connectivity index (χ0n) is 12.0. The smallest absolute Gasteiger partial charge is 0.245 e. The van der Waals surface area contributed by atoms with E-state index < -0.39 is 6.04 Å². The fourth-order valence-corrected chi connectivity index (χ4v) is 2.53. The molecule has 0 aromatic heterocycles. The Kier molecular flexibility index (Phi) is 3.27. The van der Waals surface area contributed by atoms with Gasteiger partial charge in [-0.1, -0.05) is 18.2 Å². The van der Waals surface area contributed by atoms with Crippen LogP contribution in [0.5, 0.6) is 5.75 Å². The van der Waals surface area contributed by atoms with E-state index in [-0.39, 0.29) is 5.91 Å². The Balaban J connectivity index is 1.98. The molecule has 3 rings (SSSR count). The fourth-order valence-electron chi connectivity index (χ4n) is 2.53. The number of methoxy groups -OCH3 is 1. The number of hydrogen-bond donors (Lipinski definition) is 2. The van der Waals surface area contributed by atoms with Crippen LogP contribution in [0.15, 0.2) is 42.5 Å². The van der Waals surface area contributed by atoms with Gasteiger partial charge in [-0.2, -0.15) is 0 Å². The summed E-state index contributed by atoms with van der Waals surface area (Å²) in [5.74, 6) is 0.628. The molecule has 0 radical (unpaired) electrons. The number of anilines is 3. The van der Waals surface area contributed by atoms with E-state index in [1.165, 1.54) is 0 Å². The number of carbonyl (C=O) groups is 1. The lowest BCUT2D eigenvalue weighted by Crippen LogP contribution is -2.19. The topological polar surface area (TPSA) is 67.6 Å². The molecule has 0 fully saturated rings. The molecule has 0 spiro atoms. The molecule has 0 saturated heterocycles. The minimum atomic E-state index is -0.578. The number of rotatable bonds is 3. The summed E-state index contributed by atoms with van der Waals surface area (Å²) in [6.45, 7) is 0. The maximum atomic E-state index is 11.6. The quantitative estimate of drug-likeness (QED) is 0.907. The van der Waals surface area contributed by atoms with E-state index in [9.17, 15) is 4.79 Å². The van der Waals surface area contributed by atoms with Crippen molar-refractivity contribution in [2.24, 2.45) is 5.73 Å². The minimum Gasteiger partial charge on any atom is -0.495 e. The minimum absolute atomic E-state index is 0.165. The normalized spacial score (nSPS) is 16.3. The van der Waals surface area contributed by atoms with Crippen LogP contribution >= 0.6 is 0 Å². The number of para-hydroxylation sites is 2. The van der Waals surface area contributed by atoms with Crippen molar-refractivity contribution >= 4 is 23.0 Å². The molecule has 108 valence electrons. The number of ether oxygens (including phenoxy) is 1. The zero-order valence-corrected chi connectivity index (χ0v) is 12.0. The SMILES string of the molecule is COc1ccccc1N(C)c1ccc2c(c1)NC(=O)C2N. The molecule has 1 heterocycles. The van der Waals surface area contributed by atoms with Gasteiger partial charge in [-0.15, -0.1) is 0 Å². The molecule has 0 saturated carbocycles. The van der Waals surface area contributed by atoms with Gasteiger partial charge in [0.1, 0.15) is 11.8 Å². The van der Waals surface area contributed by atoms with E-state index in [4.69, 9.17) is 10.5 Å². The highest BCUT2D eigenvalue weighted by Gasteiger charge is 2.27. The van der Waals surface area contributed by atoms with E-state index in [1.54, 1.807) is 7.11 Å². The number of fused-ring (bicyclic) bond motifs is 1. The largest absolute Gasteiger partial charge is 0.495 e. The van der Waals surface area contributed by atoms with Crippen LogP contribution in [0, 0.1) is 0 Å². The lowest BCUT2D eigenvalue weighted by Gasteiger charge is -2.22. The molecule has 1 amide bonds. The summed E-state index contributed by atoms with van der Waals surface area (Å²) in [7, 11) is 3.60. The number of nitrogens with zero attached hydrogens (tertiary/aromatic N) is 1. The number of carbonyl (C=O) groups excluding carboxylic acids is 1. The van der Waals surface area contributed by atoms with Crippen molar-refractivity contribution in [3.8, 4) is 5.75 Å². The van der Waals surface area contributed by atoms with Crippen LogP contribution in [0.25, 0.3) is 0 Å². The molecule has 1 atom stereocenters. The van der Waals surface area contributed by atoms with Gasteiger partial charge in [0.25, 0.3) is 0 Å². The van der Waals surface area contributed by atoms with Gasteiger partial charge in [0, 0.05) is 24.0 Å². The lowest BCUT2D eigenvalue weighted by molar-refractivity contribution is -0.116. The third kappa shape index (κ3) is 2.21. The Labute approximate surface area is 123 Å². The summed E-state index contributed by atoms with van der Waals surface area (Å²) in [5, 5.41) is 2.80. The molecule has 0 aliphatic carbocycles. The number of hydrogen-bond acceptors (Lipinski definition) is 4. The molecule has 1 aliphatic rings. The molecule has 3 N–H and O–H groups in total. The monoisotopic (exact) mass is 283 g/mol. The van der Waals surface area contributed by atoms with Crippen LogP contribution < -0.4 is 20.7 Å². The predicted octanol–water partition coefficient (Wildman–Crippen LogP) is 2.41. The van der Waals surface area contributed by atoms with E-state index in [2.05, 4.69) is 5.32 Å². The predicted molar refractivity (Wildman–Crippen MR) is 83.1 cm³/mol. The first-order valence-electron chi connectivity index (χ1n) is 6.69. The van der Waals surface area contributed by atoms with Gasteiger partial charge in [0.2, 0.25) is 5.91 Å². The molecule has 0 bridgehead atoms. The summed E-state index contributed by atoms with van der Waals surface area (Å²) in [5.41, 5.74) is 9.33. The van der Waals surface area contributed by atoms with Gasteiger partial charge in [-0.05, 0) is 24.3 Å². The standard InChI is InChI=1S/C16H17N3O2/c1-19(13-5-3-4-6-14(13)21-2)10-7-8-11-12(9-10)18-16(20)15(11)17/h3-9,15H,17H2,1-2H3,(H,18,20). The maximum Gasteiger partial charge on any atom is 0.245 e. The van der Waals surface area contributed by atoms with Crippen molar-refractivity contribution in [2.75, 3.05) is 24.4 Å². The van der Waals surface area contributed by atoms with Crippen molar-refractivity contribution in [3.05, 3.63) is 48.0 Å². The Hall–Kier alpha value is -2.53. The van der Waals surface area contributed by atoms with Gasteiger partial charge < -0.3 is 20.7 Å². The van der Waals surface area contributed by atoms with E-state index >= 15 is 0 Å². The molecule has 2 aromatic carbocycles. The maximum absolute atomic E-state index is 11.6. The average Bonchev–Trinajstić information content (AvgIpc) is 2.80. The number of amides is 1. The van der Waals surface area contributed by atoms with Crippen LogP contribution in [0.4, 0.5) is 17.1 Å². The second kappa shape index (κ2) is 5.10. The third-order valence-electron chi connectivity index (χ3n) is 3.75. The third-order valence-corrected chi connectivity index (χ3v) is 3.75. The van der Waals surface area contributed by atoms with Crippen molar-refractivity contribution in [2.45, 2.75) is 6.04 Å². The second-order valence-corrected chi connectivity index (χ2v) is 4.97. The highest BCUT2D eigenvalue weighted by molar-refractivity contribution is 6.03. The van der Waals surface area contributed by atoms with Crippen molar-refractivity contribution < 1.29 is 9.53 Å². The molecule has 2 aromatic rings. The highest BCUT2D eigenvalue weighted by atomic mass is 16.5. The second-order valence-electron chi connectivity index (χ2n) is 4.97.